The molecule has 5 nitrogen and oxygen atoms in total. The van der Waals surface area contributed by atoms with Gasteiger partial charge in [-0.25, -0.2) is 9.78 Å². The lowest BCUT2D eigenvalue weighted by Gasteiger charge is -2.21. The summed E-state index contributed by atoms with van der Waals surface area (Å²) in [7, 11) is 0. The van der Waals surface area contributed by atoms with Gasteiger partial charge in [0.25, 0.3) is 0 Å². The number of rotatable bonds is 3. The van der Waals surface area contributed by atoms with Crippen LogP contribution in [-0.4, -0.2) is 33.3 Å². The van der Waals surface area contributed by atoms with Gasteiger partial charge in [-0.1, -0.05) is 0 Å². The zero-order chi connectivity index (χ0) is 14.6. The van der Waals surface area contributed by atoms with Crippen molar-refractivity contribution in [1.82, 2.24) is 9.55 Å². The summed E-state index contributed by atoms with van der Waals surface area (Å²) in [6.45, 7) is 2.77. The van der Waals surface area contributed by atoms with Crippen molar-refractivity contribution in [2.45, 2.75) is 38.3 Å². The van der Waals surface area contributed by atoms with Crippen LogP contribution in [0.2, 0.25) is 0 Å². The molecular formula is C16H18N2O3. The number of aromatic nitrogens is 2. The summed E-state index contributed by atoms with van der Waals surface area (Å²) in [6, 6.07) is 5.43. The van der Waals surface area contributed by atoms with E-state index in [-0.39, 0.29) is 12.1 Å². The average Bonchev–Trinajstić information content (AvgIpc) is 3.09. The maximum absolute atomic E-state index is 11.2. The molecule has 1 aliphatic carbocycles. The topological polar surface area (TPSA) is 64.3 Å². The Bertz CT molecular complexity index is 718. The summed E-state index contributed by atoms with van der Waals surface area (Å²) in [5.74, 6) is 0.703. The number of carboxylic acid groups (broad SMARTS) is 1. The summed E-state index contributed by atoms with van der Waals surface area (Å²) in [6.07, 6.45) is 3.72. The van der Waals surface area contributed by atoms with Crippen LogP contribution >= 0.6 is 0 Å². The number of benzene rings is 1. The molecule has 2 heterocycles. The van der Waals surface area contributed by atoms with Crippen LogP contribution in [0, 0.1) is 12.8 Å². The fourth-order valence-electron chi connectivity index (χ4n) is 3.52. The number of imidazole rings is 1. The first-order valence-electron chi connectivity index (χ1n) is 7.48. The van der Waals surface area contributed by atoms with Gasteiger partial charge in [0.1, 0.15) is 5.82 Å². The molecule has 2 aromatic rings. The number of ether oxygens (including phenoxy) is 1. The third-order valence-electron chi connectivity index (χ3n) is 4.63. The number of aromatic carboxylic acids is 1. The Labute approximate surface area is 122 Å². The largest absolute Gasteiger partial charge is 0.478 e. The van der Waals surface area contributed by atoms with Crippen LogP contribution in [0.4, 0.5) is 0 Å². The van der Waals surface area contributed by atoms with Gasteiger partial charge in [0, 0.05) is 6.61 Å². The molecule has 1 saturated carbocycles. The van der Waals surface area contributed by atoms with Crippen molar-refractivity contribution in [2.75, 3.05) is 6.61 Å². The molecule has 2 aliphatic rings. The van der Waals surface area contributed by atoms with Crippen molar-refractivity contribution in [3.05, 3.63) is 29.6 Å². The van der Waals surface area contributed by atoms with Gasteiger partial charge in [0.05, 0.1) is 28.7 Å². The predicted molar refractivity (Wildman–Crippen MR) is 77.5 cm³/mol. The fraction of sp³-hybridized carbons (Fsp3) is 0.500. The number of fused-ring (bicyclic) bond motifs is 1. The molecule has 2 atom stereocenters. The molecule has 0 amide bonds. The van der Waals surface area contributed by atoms with E-state index in [9.17, 15) is 9.90 Å². The minimum absolute atomic E-state index is 0.259. The Morgan fingerprint density at radius 3 is 2.90 bits per heavy atom. The van der Waals surface area contributed by atoms with Gasteiger partial charge in [0.2, 0.25) is 0 Å². The van der Waals surface area contributed by atoms with E-state index in [0.29, 0.717) is 11.5 Å². The molecule has 21 heavy (non-hydrogen) atoms. The van der Waals surface area contributed by atoms with E-state index in [1.165, 1.54) is 12.8 Å². The molecule has 1 aromatic carbocycles. The lowest BCUT2D eigenvalue weighted by Crippen LogP contribution is -2.23. The SMILES string of the molecule is Cc1nc2ccc(C(=O)O)cc2n1C1CCOC1C1CC1. The van der Waals surface area contributed by atoms with E-state index in [1.807, 2.05) is 6.92 Å². The van der Waals surface area contributed by atoms with Crippen LogP contribution in [0.3, 0.4) is 0 Å². The molecule has 1 saturated heterocycles. The van der Waals surface area contributed by atoms with Crippen molar-refractivity contribution < 1.29 is 14.6 Å². The number of carbonyl (C=O) groups is 1. The number of hydrogen-bond acceptors (Lipinski definition) is 3. The lowest BCUT2D eigenvalue weighted by molar-refractivity contribution is 0.0697. The number of nitrogens with zero attached hydrogens (tertiary/aromatic N) is 2. The highest BCUT2D eigenvalue weighted by atomic mass is 16.5. The Balaban J connectivity index is 1.84. The van der Waals surface area contributed by atoms with Crippen LogP contribution < -0.4 is 0 Å². The minimum Gasteiger partial charge on any atom is -0.478 e. The first-order valence-corrected chi connectivity index (χ1v) is 7.48. The quantitative estimate of drug-likeness (QED) is 0.942. The number of hydrogen-bond donors (Lipinski definition) is 1. The maximum atomic E-state index is 11.2. The predicted octanol–water partition coefficient (Wildman–Crippen LogP) is 2.78. The molecule has 4 rings (SSSR count). The second kappa shape index (κ2) is 4.56. The second-order valence-electron chi connectivity index (χ2n) is 6.07. The normalized spacial score (nSPS) is 25.6. The molecule has 2 unspecified atom stereocenters. The van der Waals surface area contributed by atoms with E-state index in [1.54, 1.807) is 18.2 Å². The van der Waals surface area contributed by atoms with E-state index in [4.69, 9.17) is 4.74 Å². The van der Waals surface area contributed by atoms with Crippen molar-refractivity contribution in [1.29, 1.82) is 0 Å². The highest BCUT2D eigenvalue weighted by Gasteiger charge is 2.42. The summed E-state index contributed by atoms with van der Waals surface area (Å²) < 4.78 is 8.12. The highest BCUT2D eigenvalue weighted by Crippen LogP contribution is 2.44. The van der Waals surface area contributed by atoms with Gasteiger partial charge < -0.3 is 14.4 Å². The third-order valence-corrected chi connectivity index (χ3v) is 4.63. The molecule has 2 fully saturated rings. The van der Waals surface area contributed by atoms with Crippen LogP contribution in [0.15, 0.2) is 18.2 Å². The van der Waals surface area contributed by atoms with Crippen molar-refractivity contribution in [3.63, 3.8) is 0 Å². The van der Waals surface area contributed by atoms with Crippen molar-refractivity contribution in [2.24, 2.45) is 5.92 Å². The van der Waals surface area contributed by atoms with E-state index < -0.39 is 5.97 Å². The van der Waals surface area contributed by atoms with E-state index >= 15 is 0 Å². The molecule has 110 valence electrons. The van der Waals surface area contributed by atoms with Gasteiger partial charge in [-0.2, -0.15) is 0 Å². The first-order chi connectivity index (χ1) is 10.1. The van der Waals surface area contributed by atoms with Gasteiger partial charge in [0.15, 0.2) is 0 Å². The molecule has 0 bridgehead atoms. The molecule has 1 aliphatic heterocycles. The fourth-order valence-corrected chi connectivity index (χ4v) is 3.52. The molecule has 1 aromatic heterocycles. The first kappa shape index (κ1) is 12.8. The Hall–Kier alpha value is -1.88. The molecule has 0 radical (unpaired) electrons. The average molecular weight is 286 g/mol. The van der Waals surface area contributed by atoms with Gasteiger partial charge in [-0.05, 0) is 50.3 Å². The van der Waals surface area contributed by atoms with Gasteiger partial charge in [-0.15, -0.1) is 0 Å². The maximum Gasteiger partial charge on any atom is 0.335 e. The molecule has 5 heteroatoms. The zero-order valence-electron chi connectivity index (χ0n) is 12.0. The summed E-state index contributed by atoms with van der Waals surface area (Å²) in [4.78, 5) is 15.8. The minimum atomic E-state index is -0.899. The Morgan fingerprint density at radius 2 is 2.19 bits per heavy atom. The highest BCUT2D eigenvalue weighted by molar-refractivity contribution is 5.92. The monoisotopic (exact) mass is 286 g/mol. The van der Waals surface area contributed by atoms with Crippen LogP contribution in [0.25, 0.3) is 11.0 Å². The van der Waals surface area contributed by atoms with Crippen LogP contribution in [0.1, 0.15) is 41.5 Å². The van der Waals surface area contributed by atoms with Crippen LogP contribution in [-0.2, 0) is 4.74 Å². The Morgan fingerprint density at radius 1 is 1.38 bits per heavy atom. The van der Waals surface area contributed by atoms with Crippen LogP contribution in [0.5, 0.6) is 0 Å². The van der Waals surface area contributed by atoms with Gasteiger partial charge >= 0.3 is 5.97 Å². The summed E-state index contributed by atoms with van der Waals surface area (Å²) in [5, 5.41) is 9.20. The van der Waals surface area contributed by atoms with Gasteiger partial charge in [-0.3, -0.25) is 0 Å². The summed E-state index contributed by atoms with van der Waals surface area (Å²) >= 11 is 0. The number of aryl methyl sites for hydroxylation is 1. The molecule has 1 N–H and O–H groups in total. The van der Waals surface area contributed by atoms with E-state index in [0.717, 1.165) is 29.9 Å². The third kappa shape index (κ3) is 2.03. The summed E-state index contributed by atoms with van der Waals surface area (Å²) in [5.41, 5.74) is 2.08. The standard InChI is InChI=1S/C16H18N2O3/c1-9-17-12-5-4-11(16(19)20)8-14(12)18(9)13-6-7-21-15(13)10-2-3-10/h4-5,8,10,13,15H,2-3,6-7H2,1H3,(H,19,20). The lowest BCUT2D eigenvalue weighted by atomic mass is 10.1. The van der Waals surface area contributed by atoms with Crippen molar-refractivity contribution in [3.8, 4) is 0 Å². The molecular weight excluding hydrogens is 268 g/mol. The van der Waals surface area contributed by atoms with E-state index in [2.05, 4.69) is 9.55 Å². The smallest absolute Gasteiger partial charge is 0.335 e. The zero-order valence-corrected chi connectivity index (χ0v) is 12.0. The van der Waals surface area contributed by atoms with Crippen molar-refractivity contribution >= 4 is 17.0 Å². The molecule has 0 spiro atoms. The number of carboxylic acids is 1. The Kier molecular flexibility index (Phi) is 2.79. The second-order valence-corrected chi connectivity index (χ2v) is 6.07.